The Morgan fingerprint density at radius 2 is 2.06 bits per heavy atom. The molecule has 1 N–H and O–H groups in total. The molecular formula is C14H19FN2O. The fourth-order valence-electron chi connectivity index (χ4n) is 2.39. The fourth-order valence-corrected chi connectivity index (χ4v) is 2.39. The molecular weight excluding hydrogens is 231 g/mol. The smallest absolute Gasteiger partial charge is 0.146 e. The van der Waals surface area contributed by atoms with Crippen LogP contribution < -0.4 is 10.2 Å². The number of anilines is 1. The van der Waals surface area contributed by atoms with Crippen LogP contribution in [0.1, 0.15) is 18.4 Å². The maximum atomic E-state index is 14.1. The minimum absolute atomic E-state index is 0.119. The van der Waals surface area contributed by atoms with Gasteiger partial charge in [0.15, 0.2) is 0 Å². The van der Waals surface area contributed by atoms with Gasteiger partial charge in [-0.2, -0.15) is 0 Å². The Bertz CT molecular complexity index is 414. The Balaban J connectivity index is 1.79. The monoisotopic (exact) mass is 250 g/mol. The van der Waals surface area contributed by atoms with Crippen LogP contribution in [0.5, 0.6) is 0 Å². The highest BCUT2D eigenvalue weighted by Crippen LogP contribution is 2.27. The number of hydrogen-bond acceptors (Lipinski definition) is 3. The highest BCUT2D eigenvalue weighted by molar-refractivity contribution is 5.55. The lowest BCUT2D eigenvalue weighted by Crippen LogP contribution is -2.37. The summed E-state index contributed by atoms with van der Waals surface area (Å²) in [5.41, 5.74) is 1.82. The van der Waals surface area contributed by atoms with Gasteiger partial charge in [0, 0.05) is 25.7 Å². The van der Waals surface area contributed by atoms with E-state index in [1.165, 1.54) is 12.8 Å². The molecule has 98 valence electrons. The first-order valence-electron chi connectivity index (χ1n) is 6.68. The van der Waals surface area contributed by atoms with Gasteiger partial charge >= 0.3 is 0 Å². The Morgan fingerprint density at radius 1 is 1.28 bits per heavy atom. The summed E-state index contributed by atoms with van der Waals surface area (Å²) in [6, 6.07) is 6.00. The molecule has 1 saturated heterocycles. The summed E-state index contributed by atoms with van der Waals surface area (Å²) >= 11 is 0. The molecule has 4 heteroatoms. The predicted molar refractivity (Wildman–Crippen MR) is 69.3 cm³/mol. The molecule has 0 aromatic heterocycles. The molecule has 0 amide bonds. The van der Waals surface area contributed by atoms with E-state index in [1.54, 1.807) is 12.1 Å². The van der Waals surface area contributed by atoms with Crippen molar-refractivity contribution in [2.24, 2.45) is 0 Å². The van der Waals surface area contributed by atoms with Crippen molar-refractivity contribution in [1.29, 1.82) is 0 Å². The number of benzene rings is 1. The highest BCUT2D eigenvalue weighted by atomic mass is 19.1. The molecule has 1 aromatic rings. The summed E-state index contributed by atoms with van der Waals surface area (Å²) in [4.78, 5) is 2.10. The molecule has 1 aromatic carbocycles. The van der Waals surface area contributed by atoms with Crippen LogP contribution in [0.3, 0.4) is 0 Å². The van der Waals surface area contributed by atoms with E-state index in [0.29, 0.717) is 19.3 Å². The molecule has 0 radical (unpaired) electrons. The van der Waals surface area contributed by atoms with Crippen LogP contribution >= 0.6 is 0 Å². The van der Waals surface area contributed by atoms with Crippen LogP contribution in [0.4, 0.5) is 10.1 Å². The average molecular weight is 250 g/mol. The Labute approximate surface area is 107 Å². The van der Waals surface area contributed by atoms with E-state index in [1.807, 2.05) is 6.07 Å². The van der Waals surface area contributed by atoms with E-state index in [-0.39, 0.29) is 5.82 Å². The van der Waals surface area contributed by atoms with Crippen molar-refractivity contribution in [2.75, 3.05) is 31.2 Å². The van der Waals surface area contributed by atoms with E-state index in [2.05, 4.69) is 10.2 Å². The molecule has 1 aliphatic carbocycles. The third-order valence-corrected chi connectivity index (χ3v) is 3.56. The summed E-state index contributed by atoms with van der Waals surface area (Å²) in [7, 11) is 0. The molecule has 0 atom stereocenters. The second-order valence-electron chi connectivity index (χ2n) is 5.00. The molecule has 2 fully saturated rings. The van der Waals surface area contributed by atoms with Gasteiger partial charge in [-0.05, 0) is 24.5 Å². The molecule has 3 nitrogen and oxygen atoms in total. The molecule has 3 rings (SSSR count). The van der Waals surface area contributed by atoms with Crippen LogP contribution in [0.25, 0.3) is 0 Å². The lowest BCUT2D eigenvalue weighted by Gasteiger charge is -2.31. The van der Waals surface area contributed by atoms with Crippen LogP contribution in [-0.2, 0) is 11.3 Å². The minimum Gasteiger partial charge on any atom is -0.378 e. The van der Waals surface area contributed by atoms with Gasteiger partial charge in [0.05, 0.1) is 18.9 Å². The second-order valence-corrected chi connectivity index (χ2v) is 5.00. The maximum Gasteiger partial charge on any atom is 0.146 e. The number of para-hydroxylation sites is 1. The zero-order valence-corrected chi connectivity index (χ0v) is 10.5. The highest BCUT2D eigenvalue weighted by Gasteiger charge is 2.22. The zero-order chi connectivity index (χ0) is 12.4. The van der Waals surface area contributed by atoms with Gasteiger partial charge in [0.2, 0.25) is 0 Å². The van der Waals surface area contributed by atoms with Crippen molar-refractivity contribution in [3.63, 3.8) is 0 Å². The van der Waals surface area contributed by atoms with Crippen molar-refractivity contribution in [1.82, 2.24) is 5.32 Å². The first kappa shape index (κ1) is 11.9. The number of nitrogens with one attached hydrogen (secondary N) is 1. The van der Waals surface area contributed by atoms with Gasteiger partial charge in [-0.1, -0.05) is 12.1 Å². The van der Waals surface area contributed by atoms with Crippen LogP contribution in [0.2, 0.25) is 0 Å². The summed E-state index contributed by atoms with van der Waals surface area (Å²) in [5.74, 6) is -0.119. The zero-order valence-electron chi connectivity index (χ0n) is 10.5. The normalized spacial score (nSPS) is 20.2. The molecule has 1 saturated carbocycles. The van der Waals surface area contributed by atoms with Gasteiger partial charge in [-0.3, -0.25) is 0 Å². The Morgan fingerprint density at radius 3 is 2.78 bits per heavy atom. The number of morpholine rings is 1. The van der Waals surface area contributed by atoms with E-state index >= 15 is 0 Å². The van der Waals surface area contributed by atoms with Gasteiger partial charge < -0.3 is 15.0 Å². The first-order valence-corrected chi connectivity index (χ1v) is 6.68. The summed E-state index contributed by atoms with van der Waals surface area (Å²) in [6.45, 7) is 3.68. The first-order chi connectivity index (χ1) is 8.84. The van der Waals surface area contributed by atoms with Crippen molar-refractivity contribution in [2.45, 2.75) is 25.4 Å². The topological polar surface area (TPSA) is 24.5 Å². The Kier molecular flexibility index (Phi) is 3.48. The van der Waals surface area contributed by atoms with Crippen LogP contribution in [0, 0.1) is 5.82 Å². The van der Waals surface area contributed by atoms with Gasteiger partial charge in [-0.15, -0.1) is 0 Å². The molecule has 1 aliphatic heterocycles. The fraction of sp³-hybridized carbons (Fsp3) is 0.571. The molecule has 0 spiro atoms. The maximum absolute atomic E-state index is 14.1. The van der Waals surface area contributed by atoms with Crippen molar-refractivity contribution in [3.8, 4) is 0 Å². The molecule has 2 aliphatic rings. The van der Waals surface area contributed by atoms with Crippen molar-refractivity contribution in [3.05, 3.63) is 29.6 Å². The second kappa shape index (κ2) is 5.24. The SMILES string of the molecule is Fc1cccc(CNC2CC2)c1N1CCOCC1. The lowest BCUT2D eigenvalue weighted by molar-refractivity contribution is 0.122. The molecule has 0 unspecified atom stereocenters. The summed E-state index contributed by atoms with van der Waals surface area (Å²) < 4.78 is 19.4. The number of hydrogen-bond donors (Lipinski definition) is 1. The molecule has 0 bridgehead atoms. The van der Waals surface area contributed by atoms with Gasteiger partial charge in [0.25, 0.3) is 0 Å². The molecule has 1 heterocycles. The van der Waals surface area contributed by atoms with Gasteiger partial charge in [-0.25, -0.2) is 4.39 Å². The van der Waals surface area contributed by atoms with Crippen molar-refractivity contribution < 1.29 is 9.13 Å². The summed E-state index contributed by atoms with van der Waals surface area (Å²) in [6.07, 6.45) is 2.50. The van der Waals surface area contributed by atoms with Crippen LogP contribution in [-0.4, -0.2) is 32.3 Å². The van der Waals surface area contributed by atoms with Crippen LogP contribution in [0.15, 0.2) is 18.2 Å². The number of nitrogens with zero attached hydrogens (tertiary/aromatic N) is 1. The lowest BCUT2D eigenvalue weighted by atomic mass is 10.1. The third-order valence-electron chi connectivity index (χ3n) is 3.56. The van der Waals surface area contributed by atoms with E-state index in [0.717, 1.165) is 30.9 Å². The van der Waals surface area contributed by atoms with E-state index < -0.39 is 0 Å². The largest absolute Gasteiger partial charge is 0.378 e. The number of rotatable bonds is 4. The Hall–Kier alpha value is -1.13. The predicted octanol–water partition coefficient (Wildman–Crippen LogP) is 1.91. The molecule has 18 heavy (non-hydrogen) atoms. The standard InChI is InChI=1S/C14H19FN2O/c15-13-3-1-2-11(10-16-12-4-5-12)14(13)17-6-8-18-9-7-17/h1-3,12,16H,4-10H2. The summed E-state index contributed by atoms with van der Waals surface area (Å²) in [5, 5.41) is 3.46. The minimum atomic E-state index is -0.119. The number of halogens is 1. The van der Waals surface area contributed by atoms with E-state index in [4.69, 9.17) is 4.74 Å². The quantitative estimate of drug-likeness (QED) is 0.883. The van der Waals surface area contributed by atoms with Gasteiger partial charge in [0.1, 0.15) is 5.82 Å². The van der Waals surface area contributed by atoms with E-state index in [9.17, 15) is 4.39 Å². The third kappa shape index (κ3) is 2.65. The average Bonchev–Trinajstić information content (AvgIpc) is 3.21. The number of ether oxygens (including phenoxy) is 1. The van der Waals surface area contributed by atoms with Crippen molar-refractivity contribution >= 4 is 5.69 Å².